The molecule has 0 aliphatic carbocycles. The van der Waals surface area contributed by atoms with Gasteiger partial charge in [-0.25, -0.2) is 9.97 Å². The molecule has 0 bridgehead atoms. The van der Waals surface area contributed by atoms with Crippen molar-refractivity contribution in [3.63, 3.8) is 0 Å². The predicted octanol–water partition coefficient (Wildman–Crippen LogP) is 4.89. The number of aryl methyl sites for hydroxylation is 1. The molecule has 6 heteroatoms. The minimum atomic E-state index is 0.248. The van der Waals surface area contributed by atoms with E-state index in [1.54, 1.807) is 17.7 Å². The first-order valence-electron chi connectivity index (χ1n) is 8.95. The van der Waals surface area contributed by atoms with Crippen LogP contribution in [0.15, 0.2) is 29.9 Å². The van der Waals surface area contributed by atoms with Crippen LogP contribution in [0, 0.1) is 12.3 Å². The molecule has 136 valence electrons. The predicted molar refractivity (Wildman–Crippen MR) is 111 cm³/mol. The van der Waals surface area contributed by atoms with Gasteiger partial charge in [-0.05, 0) is 37.3 Å². The highest BCUT2D eigenvalue weighted by molar-refractivity contribution is 7.18. The normalized spacial score (nSPS) is 17.0. The number of rotatable bonds is 3. The topological polar surface area (TPSA) is 55.0 Å². The van der Waals surface area contributed by atoms with Crippen LogP contribution in [0.4, 0.5) is 5.82 Å². The van der Waals surface area contributed by atoms with Crippen molar-refractivity contribution in [1.82, 2.24) is 9.97 Å². The Kier molecular flexibility index (Phi) is 4.63. The average molecular weight is 387 g/mol. The van der Waals surface area contributed by atoms with Crippen molar-refractivity contribution < 1.29 is 0 Å². The fourth-order valence-electron chi connectivity index (χ4n) is 3.57. The van der Waals surface area contributed by atoms with Crippen LogP contribution in [0.25, 0.3) is 21.3 Å². The summed E-state index contributed by atoms with van der Waals surface area (Å²) in [7, 11) is 0. The van der Waals surface area contributed by atoms with E-state index >= 15 is 0 Å². The molecular weight excluding hydrogens is 364 g/mol. The van der Waals surface area contributed by atoms with E-state index in [9.17, 15) is 0 Å². The van der Waals surface area contributed by atoms with E-state index in [1.165, 1.54) is 0 Å². The third-order valence-electron chi connectivity index (χ3n) is 5.58. The first-order chi connectivity index (χ1) is 12.5. The number of thiophene rings is 1. The van der Waals surface area contributed by atoms with Crippen LogP contribution in [0.1, 0.15) is 25.3 Å². The van der Waals surface area contributed by atoms with Crippen LogP contribution < -0.4 is 10.6 Å². The number of piperidine rings is 1. The van der Waals surface area contributed by atoms with Crippen LogP contribution in [0.3, 0.4) is 0 Å². The van der Waals surface area contributed by atoms with Crippen LogP contribution in [0.5, 0.6) is 0 Å². The fraction of sp³-hybridized carbons (Fsp3) is 0.400. The summed E-state index contributed by atoms with van der Waals surface area (Å²) in [5.74, 6) is 1.04. The van der Waals surface area contributed by atoms with Gasteiger partial charge in [-0.1, -0.05) is 36.7 Å². The van der Waals surface area contributed by atoms with E-state index in [-0.39, 0.29) is 5.41 Å². The maximum Gasteiger partial charge on any atom is 0.150 e. The number of hydrogen-bond donors (Lipinski definition) is 1. The number of aromatic nitrogens is 2. The summed E-state index contributed by atoms with van der Waals surface area (Å²) in [5, 5.41) is 2.95. The molecule has 1 aliphatic heterocycles. The number of nitrogens with zero attached hydrogens (tertiary/aromatic N) is 3. The number of anilines is 1. The molecule has 0 unspecified atom stereocenters. The summed E-state index contributed by atoms with van der Waals surface area (Å²) in [4.78, 5) is 11.6. The average Bonchev–Trinajstić information content (AvgIpc) is 3.09. The van der Waals surface area contributed by atoms with Gasteiger partial charge in [-0.3, -0.25) is 0 Å². The summed E-state index contributed by atoms with van der Waals surface area (Å²) in [6, 6.07) is 6.13. The van der Waals surface area contributed by atoms with Crippen LogP contribution in [-0.4, -0.2) is 29.6 Å². The molecule has 3 aromatic rings. The molecule has 0 saturated carbocycles. The smallest absolute Gasteiger partial charge is 0.150 e. The Morgan fingerprint density at radius 3 is 2.73 bits per heavy atom. The maximum atomic E-state index is 6.56. The zero-order valence-electron chi connectivity index (χ0n) is 15.1. The van der Waals surface area contributed by atoms with Gasteiger partial charge in [0.15, 0.2) is 0 Å². The minimum Gasteiger partial charge on any atom is -0.355 e. The number of nitrogens with two attached hydrogens (primary N) is 1. The Labute approximate surface area is 163 Å². The van der Waals surface area contributed by atoms with Crippen LogP contribution in [-0.2, 0) is 0 Å². The highest BCUT2D eigenvalue weighted by Gasteiger charge is 2.30. The Hall–Kier alpha value is -1.69. The Morgan fingerprint density at radius 2 is 2.00 bits per heavy atom. The van der Waals surface area contributed by atoms with Gasteiger partial charge in [0.25, 0.3) is 0 Å². The van der Waals surface area contributed by atoms with Crippen molar-refractivity contribution in [2.75, 3.05) is 24.5 Å². The van der Waals surface area contributed by atoms with Gasteiger partial charge in [0.1, 0.15) is 12.1 Å². The Morgan fingerprint density at radius 1 is 1.23 bits per heavy atom. The van der Waals surface area contributed by atoms with E-state index in [0.717, 1.165) is 70.2 Å². The lowest BCUT2D eigenvalue weighted by atomic mass is 9.80. The van der Waals surface area contributed by atoms with E-state index in [0.29, 0.717) is 0 Å². The van der Waals surface area contributed by atoms with Gasteiger partial charge in [-0.2, -0.15) is 0 Å². The molecule has 1 saturated heterocycles. The third kappa shape index (κ3) is 2.98. The lowest BCUT2D eigenvalue weighted by Crippen LogP contribution is -2.42. The maximum absolute atomic E-state index is 6.56. The lowest BCUT2D eigenvalue weighted by Gasteiger charge is -2.39. The summed E-state index contributed by atoms with van der Waals surface area (Å²) in [6.07, 6.45) is 3.86. The first kappa shape index (κ1) is 17.7. The third-order valence-corrected chi connectivity index (χ3v) is 7.05. The molecule has 0 amide bonds. The first-order valence-corrected chi connectivity index (χ1v) is 10.2. The zero-order valence-corrected chi connectivity index (χ0v) is 16.7. The molecule has 0 atom stereocenters. The monoisotopic (exact) mass is 386 g/mol. The molecule has 1 fully saturated rings. The lowest BCUT2D eigenvalue weighted by molar-refractivity contribution is 0.258. The summed E-state index contributed by atoms with van der Waals surface area (Å²) < 4.78 is 1.14. The Bertz CT molecular complexity index is 944. The van der Waals surface area contributed by atoms with Crippen molar-refractivity contribution in [3.05, 3.63) is 40.5 Å². The van der Waals surface area contributed by atoms with Crippen molar-refractivity contribution in [2.24, 2.45) is 11.1 Å². The van der Waals surface area contributed by atoms with Crippen molar-refractivity contribution in [1.29, 1.82) is 0 Å². The second-order valence-corrected chi connectivity index (χ2v) is 8.72. The summed E-state index contributed by atoms with van der Waals surface area (Å²) in [5.41, 5.74) is 10.4. The van der Waals surface area contributed by atoms with E-state index in [2.05, 4.69) is 33.2 Å². The van der Waals surface area contributed by atoms with E-state index < -0.39 is 0 Å². The summed E-state index contributed by atoms with van der Waals surface area (Å²) >= 11 is 8.26. The molecule has 1 aliphatic rings. The number of hydrogen-bond acceptors (Lipinski definition) is 5. The Balaban J connectivity index is 1.74. The molecule has 1 aromatic carbocycles. The molecule has 26 heavy (non-hydrogen) atoms. The fourth-order valence-corrected chi connectivity index (χ4v) is 4.84. The molecule has 4 nitrogen and oxygen atoms in total. The van der Waals surface area contributed by atoms with Gasteiger partial charge >= 0.3 is 0 Å². The second-order valence-electron chi connectivity index (χ2n) is 7.46. The molecular formula is C20H23ClN4S. The molecule has 0 radical (unpaired) electrons. The minimum absolute atomic E-state index is 0.248. The standard InChI is InChI=1S/C20H23ClN4S/c1-13-4-3-5-14(16(13)21)15-10-26-18-17(15)23-12-24-19(18)25-8-6-20(2,11-22)7-9-25/h3-5,10,12H,6-9,11,22H2,1-2H3. The number of benzene rings is 1. The van der Waals surface area contributed by atoms with Crippen molar-refractivity contribution >= 4 is 39.0 Å². The molecule has 3 heterocycles. The SMILES string of the molecule is Cc1cccc(-c2csc3c(N4CCC(C)(CN)CC4)ncnc23)c1Cl. The largest absolute Gasteiger partial charge is 0.355 e. The van der Waals surface area contributed by atoms with Crippen LogP contribution in [0.2, 0.25) is 5.02 Å². The molecule has 4 rings (SSSR count). The van der Waals surface area contributed by atoms with E-state index in [4.69, 9.17) is 17.3 Å². The van der Waals surface area contributed by atoms with Gasteiger partial charge in [-0.15, -0.1) is 11.3 Å². The van der Waals surface area contributed by atoms with Gasteiger partial charge in [0.2, 0.25) is 0 Å². The highest BCUT2D eigenvalue weighted by Crippen LogP contribution is 2.41. The van der Waals surface area contributed by atoms with Gasteiger partial charge in [0.05, 0.1) is 15.2 Å². The van der Waals surface area contributed by atoms with Gasteiger partial charge < -0.3 is 10.6 Å². The number of fused-ring (bicyclic) bond motifs is 1. The number of halogens is 1. The zero-order chi connectivity index (χ0) is 18.3. The quantitative estimate of drug-likeness (QED) is 0.696. The van der Waals surface area contributed by atoms with Crippen LogP contribution >= 0.6 is 22.9 Å². The van der Waals surface area contributed by atoms with Crippen molar-refractivity contribution in [2.45, 2.75) is 26.7 Å². The van der Waals surface area contributed by atoms with E-state index in [1.807, 2.05) is 19.1 Å². The molecule has 2 N–H and O–H groups in total. The summed E-state index contributed by atoms with van der Waals surface area (Å²) in [6.45, 7) is 7.03. The van der Waals surface area contributed by atoms with Gasteiger partial charge in [0, 0.05) is 29.6 Å². The van der Waals surface area contributed by atoms with Crippen molar-refractivity contribution in [3.8, 4) is 11.1 Å². The molecule has 2 aromatic heterocycles. The highest BCUT2D eigenvalue weighted by atomic mass is 35.5. The molecule has 0 spiro atoms. The second kappa shape index (κ2) is 6.80.